The first-order chi connectivity index (χ1) is 20.1. The van der Waals surface area contributed by atoms with Crippen molar-refractivity contribution in [1.82, 2.24) is 4.90 Å². The summed E-state index contributed by atoms with van der Waals surface area (Å²) in [5.41, 5.74) is -3.77. The first kappa shape index (κ1) is 29.1. The number of carbonyl (C=O) groups excluding carboxylic acids is 1. The van der Waals surface area contributed by atoms with Gasteiger partial charge >= 0.3 is 5.97 Å². The Morgan fingerprint density at radius 2 is 1.69 bits per heavy atom. The van der Waals surface area contributed by atoms with Crippen molar-refractivity contribution in [3.05, 3.63) is 35.9 Å². The normalized spacial score (nSPS) is 51.9. The number of esters is 1. The van der Waals surface area contributed by atoms with Crippen LogP contribution in [0.15, 0.2) is 30.3 Å². The molecular formula is C32H45NO9. The summed E-state index contributed by atoms with van der Waals surface area (Å²) in [7, 11) is 6.60. The van der Waals surface area contributed by atoms with Gasteiger partial charge < -0.3 is 39.0 Å². The van der Waals surface area contributed by atoms with Crippen molar-refractivity contribution in [3.63, 3.8) is 0 Å². The van der Waals surface area contributed by atoms with Gasteiger partial charge in [-0.3, -0.25) is 4.90 Å². The molecule has 0 radical (unpaired) electrons. The smallest absolute Gasteiger partial charge is 0.338 e. The maximum atomic E-state index is 13.5. The highest BCUT2D eigenvalue weighted by Crippen LogP contribution is 2.80. The molecule has 7 rings (SSSR count). The average Bonchev–Trinajstić information content (AvgIpc) is 3.37. The molecule has 0 aromatic heterocycles. The monoisotopic (exact) mass is 587 g/mol. The van der Waals surface area contributed by atoms with Gasteiger partial charge in [0.05, 0.1) is 42.2 Å². The number of hydrogen-bond acceptors (Lipinski definition) is 10. The third-order valence-electron chi connectivity index (χ3n) is 12.8. The highest BCUT2D eigenvalue weighted by Gasteiger charge is 2.89. The Labute approximate surface area is 247 Å². The van der Waals surface area contributed by atoms with Gasteiger partial charge in [0, 0.05) is 82.5 Å². The van der Waals surface area contributed by atoms with Crippen molar-refractivity contribution in [1.29, 1.82) is 0 Å². The van der Waals surface area contributed by atoms with Gasteiger partial charge in [0.1, 0.15) is 11.7 Å². The molecule has 1 spiro atoms. The van der Waals surface area contributed by atoms with Crippen LogP contribution in [0.2, 0.25) is 0 Å². The highest BCUT2D eigenvalue weighted by atomic mass is 16.6. The van der Waals surface area contributed by atoms with Crippen LogP contribution in [0.5, 0.6) is 0 Å². The van der Waals surface area contributed by atoms with Gasteiger partial charge in [0.25, 0.3) is 0 Å². The van der Waals surface area contributed by atoms with E-state index in [1.165, 1.54) is 0 Å². The van der Waals surface area contributed by atoms with Crippen LogP contribution in [0.3, 0.4) is 0 Å². The molecular weight excluding hydrogens is 542 g/mol. The van der Waals surface area contributed by atoms with Crippen molar-refractivity contribution in [2.75, 3.05) is 48.1 Å². The summed E-state index contributed by atoms with van der Waals surface area (Å²) in [6, 6.07) is 8.63. The van der Waals surface area contributed by atoms with Crippen molar-refractivity contribution in [2.24, 2.45) is 34.5 Å². The SMILES string of the molecule is CCN1C[C@]2(COC)[C@H](O)C[C@H](OC)C34C1C([C@H](OC)[C@@H]32)[C@@]1(O)C[C@H](OC)[C@@]2(O)C[C@@H]4[C@@H]1[C@H]2OC(=O)c1ccccc1. The maximum Gasteiger partial charge on any atom is 0.338 e. The van der Waals surface area contributed by atoms with Gasteiger partial charge in [-0.1, -0.05) is 25.1 Å². The molecule has 3 unspecified atom stereocenters. The molecule has 6 fully saturated rings. The van der Waals surface area contributed by atoms with Gasteiger partial charge in [-0.05, 0) is 31.0 Å². The number of ether oxygens (including phenoxy) is 5. The minimum absolute atomic E-state index is 0.130. The van der Waals surface area contributed by atoms with Crippen LogP contribution in [0, 0.1) is 34.5 Å². The summed E-state index contributed by atoms with van der Waals surface area (Å²) in [6.45, 7) is 3.76. The third-order valence-corrected chi connectivity index (χ3v) is 12.8. The molecule has 1 aliphatic heterocycles. The van der Waals surface area contributed by atoms with E-state index in [1.807, 2.05) is 6.07 Å². The van der Waals surface area contributed by atoms with E-state index in [-0.39, 0.29) is 36.8 Å². The summed E-state index contributed by atoms with van der Waals surface area (Å²) in [4.78, 5) is 15.9. The Morgan fingerprint density at radius 3 is 2.31 bits per heavy atom. The number of likely N-dealkylation sites (tertiary alicyclic amines) is 1. The molecule has 232 valence electrons. The van der Waals surface area contributed by atoms with E-state index in [0.29, 0.717) is 31.7 Å². The highest BCUT2D eigenvalue weighted by molar-refractivity contribution is 5.89. The Bertz CT molecular complexity index is 1220. The van der Waals surface area contributed by atoms with E-state index in [4.69, 9.17) is 23.7 Å². The van der Waals surface area contributed by atoms with Gasteiger partial charge in [0.15, 0.2) is 0 Å². The lowest BCUT2D eigenvalue weighted by atomic mass is 9.42. The zero-order valence-corrected chi connectivity index (χ0v) is 25.1. The number of aliphatic hydroxyl groups excluding tert-OH is 1. The molecule has 10 heteroatoms. The summed E-state index contributed by atoms with van der Waals surface area (Å²) >= 11 is 0. The van der Waals surface area contributed by atoms with Gasteiger partial charge in [-0.25, -0.2) is 4.79 Å². The van der Waals surface area contributed by atoms with Crippen LogP contribution in [0.4, 0.5) is 0 Å². The fraction of sp³-hybridized carbons (Fsp3) is 0.781. The number of methoxy groups -OCH3 is 4. The fourth-order valence-corrected chi connectivity index (χ4v) is 11.8. The van der Waals surface area contributed by atoms with E-state index in [2.05, 4.69) is 11.8 Å². The van der Waals surface area contributed by atoms with Crippen LogP contribution < -0.4 is 0 Å². The van der Waals surface area contributed by atoms with E-state index in [0.717, 1.165) is 0 Å². The van der Waals surface area contributed by atoms with E-state index in [1.54, 1.807) is 52.7 Å². The summed E-state index contributed by atoms with van der Waals surface area (Å²) < 4.78 is 30.8. The molecule has 7 bridgehead atoms. The molecule has 0 amide bonds. The fourth-order valence-electron chi connectivity index (χ4n) is 11.8. The molecule has 42 heavy (non-hydrogen) atoms. The van der Waals surface area contributed by atoms with Crippen LogP contribution >= 0.6 is 0 Å². The van der Waals surface area contributed by atoms with Gasteiger partial charge in [-0.2, -0.15) is 0 Å². The number of hydrogen-bond donors (Lipinski definition) is 3. The van der Waals surface area contributed by atoms with Crippen LogP contribution in [0.1, 0.15) is 36.5 Å². The van der Waals surface area contributed by atoms with Crippen LogP contribution in [0.25, 0.3) is 0 Å². The molecule has 1 aromatic carbocycles. The van der Waals surface area contributed by atoms with Crippen molar-refractivity contribution >= 4 is 5.97 Å². The predicted octanol–water partition coefficient (Wildman–Crippen LogP) is 1.11. The number of rotatable bonds is 8. The number of aliphatic hydroxyl groups is 3. The molecule has 10 nitrogen and oxygen atoms in total. The average molecular weight is 588 g/mol. The van der Waals surface area contributed by atoms with Crippen molar-refractivity contribution < 1.29 is 43.8 Å². The molecule has 1 heterocycles. The topological polar surface area (TPSA) is 127 Å². The standard InChI is InChI=1S/C32H45NO9/c1-6-33-15-29(16-38-2)19(34)12-20(39-3)32-18-13-30(36)21(40-4)14-31(37,23(26(32)33)24(41-5)25(29)32)22(18)27(30)42-28(35)17-10-8-7-9-11-17/h7-11,18-27,34,36-37H,6,12-16H2,1-5H3/t18-,19-,20+,21+,22-,23?,24+,25-,26?,27-,29+,30+,31-,32?/m1/s1. The van der Waals surface area contributed by atoms with Crippen LogP contribution in [-0.4, -0.2) is 122 Å². The number of nitrogens with zero attached hydrogens (tertiary/aromatic N) is 1. The third kappa shape index (κ3) is 3.20. The quantitative estimate of drug-likeness (QED) is 0.381. The minimum atomic E-state index is -1.51. The first-order valence-corrected chi connectivity index (χ1v) is 15.3. The zero-order valence-electron chi connectivity index (χ0n) is 25.1. The second-order valence-electron chi connectivity index (χ2n) is 13.8. The van der Waals surface area contributed by atoms with E-state index >= 15 is 0 Å². The summed E-state index contributed by atoms with van der Waals surface area (Å²) in [5, 5.41) is 37.6. The Hall–Kier alpha value is -1.63. The largest absolute Gasteiger partial charge is 0.455 e. The molecule has 1 saturated heterocycles. The number of piperidine rings is 1. The Morgan fingerprint density at radius 1 is 0.976 bits per heavy atom. The Kier molecular flexibility index (Phi) is 6.71. The first-order valence-electron chi connectivity index (χ1n) is 15.3. The lowest BCUT2D eigenvalue weighted by Gasteiger charge is -2.70. The number of carbonyl (C=O) groups is 1. The zero-order chi connectivity index (χ0) is 29.8. The van der Waals surface area contributed by atoms with Crippen molar-refractivity contribution in [2.45, 2.75) is 73.9 Å². The van der Waals surface area contributed by atoms with Crippen LogP contribution in [-0.2, 0) is 23.7 Å². The Balaban J connectivity index is 1.46. The molecule has 3 N–H and O–H groups in total. The minimum Gasteiger partial charge on any atom is -0.455 e. The number of fused-ring (bicyclic) bond motifs is 2. The molecule has 6 aliphatic rings. The summed E-state index contributed by atoms with van der Waals surface area (Å²) in [6.07, 6.45) is -2.36. The summed E-state index contributed by atoms with van der Waals surface area (Å²) in [5.74, 6) is -2.02. The van der Waals surface area contributed by atoms with Gasteiger partial charge in [0.2, 0.25) is 0 Å². The molecule has 14 atom stereocenters. The maximum absolute atomic E-state index is 13.5. The molecule has 5 aliphatic carbocycles. The van der Waals surface area contributed by atoms with Crippen molar-refractivity contribution in [3.8, 4) is 0 Å². The number of benzene rings is 1. The van der Waals surface area contributed by atoms with E-state index < -0.39 is 64.3 Å². The molecule has 5 saturated carbocycles. The van der Waals surface area contributed by atoms with Gasteiger partial charge in [-0.15, -0.1) is 0 Å². The second kappa shape index (κ2) is 9.68. The predicted molar refractivity (Wildman–Crippen MR) is 150 cm³/mol. The molecule has 1 aromatic rings. The lowest BCUT2D eigenvalue weighted by Crippen LogP contribution is -2.79. The second-order valence-corrected chi connectivity index (χ2v) is 13.8. The lowest BCUT2D eigenvalue weighted by molar-refractivity contribution is -0.298. The van der Waals surface area contributed by atoms with E-state index in [9.17, 15) is 20.1 Å².